The van der Waals surface area contributed by atoms with Gasteiger partial charge < -0.3 is 0 Å². The molecule has 0 bridgehead atoms. The fourth-order valence-electron chi connectivity index (χ4n) is 2.73. The molecule has 1 aliphatic carbocycles. The molecule has 0 amide bonds. The first-order valence-corrected chi connectivity index (χ1v) is 9.87. The molecule has 0 spiro atoms. The first-order valence-electron chi connectivity index (χ1n) is 6.84. The van der Waals surface area contributed by atoms with Gasteiger partial charge in [0, 0.05) is 6.04 Å². The maximum atomic E-state index is 12.4. The number of primary sulfonamides is 1. The van der Waals surface area contributed by atoms with Crippen molar-refractivity contribution in [3.8, 4) is 0 Å². The predicted molar refractivity (Wildman–Crippen MR) is 79.6 cm³/mol. The van der Waals surface area contributed by atoms with E-state index in [0.29, 0.717) is 5.92 Å². The van der Waals surface area contributed by atoms with Gasteiger partial charge in [-0.05, 0) is 30.9 Å². The summed E-state index contributed by atoms with van der Waals surface area (Å²) >= 11 is 0. The lowest BCUT2D eigenvalue weighted by Crippen LogP contribution is -2.38. The van der Waals surface area contributed by atoms with Crippen molar-refractivity contribution in [1.29, 1.82) is 0 Å². The minimum absolute atomic E-state index is 0.160. The van der Waals surface area contributed by atoms with Gasteiger partial charge in [-0.25, -0.2) is 26.7 Å². The molecule has 2 unspecified atom stereocenters. The lowest BCUT2D eigenvalue weighted by Gasteiger charge is -2.27. The average Bonchev–Trinajstić information content (AvgIpc) is 2.37. The van der Waals surface area contributed by atoms with Crippen molar-refractivity contribution in [3.05, 3.63) is 24.3 Å². The van der Waals surface area contributed by atoms with Crippen LogP contribution in [0.2, 0.25) is 0 Å². The molecule has 1 saturated carbocycles. The number of nitrogens with one attached hydrogen (secondary N) is 1. The van der Waals surface area contributed by atoms with E-state index in [2.05, 4.69) is 11.6 Å². The van der Waals surface area contributed by atoms with E-state index in [9.17, 15) is 16.8 Å². The molecule has 0 radical (unpaired) electrons. The standard InChI is InChI=1S/C13H20N2O4S2/c1-10-5-4-6-11(9-10)15-21(18,19)13-8-3-2-7-12(13)20(14,16)17/h2-3,7-8,10-11,15H,4-6,9H2,1H3,(H2,14,16,17). The normalized spacial score (nSPS) is 23.9. The topological polar surface area (TPSA) is 106 Å². The second kappa shape index (κ2) is 6.04. The van der Waals surface area contributed by atoms with Crippen LogP contribution in [0.3, 0.4) is 0 Å². The van der Waals surface area contributed by atoms with E-state index in [-0.39, 0.29) is 15.8 Å². The summed E-state index contributed by atoms with van der Waals surface area (Å²) in [5, 5.41) is 5.09. The molecule has 0 aromatic heterocycles. The summed E-state index contributed by atoms with van der Waals surface area (Å²) in [6.45, 7) is 2.08. The molecule has 1 aromatic carbocycles. The van der Waals surface area contributed by atoms with E-state index in [4.69, 9.17) is 5.14 Å². The van der Waals surface area contributed by atoms with Crippen molar-refractivity contribution in [2.45, 2.75) is 48.4 Å². The van der Waals surface area contributed by atoms with Crippen molar-refractivity contribution in [2.24, 2.45) is 11.1 Å². The summed E-state index contributed by atoms with van der Waals surface area (Å²) in [6.07, 6.45) is 3.58. The fourth-order valence-corrected chi connectivity index (χ4v) is 5.40. The largest absolute Gasteiger partial charge is 0.242 e. The van der Waals surface area contributed by atoms with Crippen LogP contribution in [0.1, 0.15) is 32.6 Å². The molecule has 21 heavy (non-hydrogen) atoms. The van der Waals surface area contributed by atoms with Gasteiger partial charge in [-0.2, -0.15) is 0 Å². The van der Waals surface area contributed by atoms with Crippen LogP contribution in [-0.2, 0) is 20.0 Å². The SMILES string of the molecule is CC1CCCC(NS(=O)(=O)c2ccccc2S(N)(=O)=O)C1. The van der Waals surface area contributed by atoms with Crippen LogP contribution in [0, 0.1) is 5.92 Å². The molecule has 1 fully saturated rings. The number of hydrogen-bond acceptors (Lipinski definition) is 4. The van der Waals surface area contributed by atoms with Crippen LogP contribution in [0.5, 0.6) is 0 Å². The van der Waals surface area contributed by atoms with Crippen LogP contribution < -0.4 is 9.86 Å². The second-order valence-electron chi connectivity index (χ2n) is 5.58. The Labute approximate surface area is 125 Å². The van der Waals surface area contributed by atoms with Crippen LogP contribution in [-0.4, -0.2) is 22.9 Å². The molecule has 3 N–H and O–H groups in total. The first kappa shape index (κ1) is 16.4. The highest BCUT2D eigenvalue weighted by Gasteiger charge is 2.28. The van der Waals surface area contributed by atoms with Gasteiger partial charge in [0.05, 0.1) is 0 Å². The van der Waals surface area contributed by atoms with Crippen LogP contribution in [0.25, 0.3) is 0 Å². The molecule has 0 saturated heterocycles. The van der Waals surface area contributed by atoms with E-state index >= 15 is 0 Å². The summed E-state index contributed by atoms with van der Waals surface area (Å²) < 4.78 is 50.6. The van der Waals surface area contributed by atoms with Crippen LogP contribution in [0.4, 0.5) is 0 Å². The molecule has 1 aromatic rings. The lowest BCUT2D eigenvalue weighted by molar-refractivity contribution is 0.327. The van der Waals surface area contributed by atoms with Gasteiger partial charge in [0.1, 0.15) is 9.79 Å². The highest BCUT2D eigenvalue weighted by molar-refractivity contribution is 7.92. The Morgan fingerprint density at radius 2 is 1.71 bits per heavy atom. The zero-order valence-corrected chi connectivity index (χ0v) is 13.5. The summed E-state index contributed by atoms with van der Waals surface area (Å²) in [4.78, 5) is -0.660. The minimum atomic E-state index is -4.09. The maximum Gasteiger partial charge on any atom is 0.242 e. The third-order valence-corrected chi connectivity index (χ3v) is 6.38. The van der Waals surface area contributed by atoms with Gasteiger partial charge in [0.15, 0.2) is 0 Å². The van der Waals surface area contributed by atoms with Crippen LogP contribution >= 0.6 is 0 Å². The number of sulfonamides is 2. The summed E-state index contributed by atoms with van der Waals surface area (Å²) in [5.41, 5.74) is 0. The summed E-state index contributed by atoms with van der Waals surface area (Å²) in [6, 6.07) is 5.22. The van der Waals surface area contributed by atoms with Crippen molar-refractivity contribution < 1.29 is 16.8 Å². The molecule has 8 heteroatoms. The highest BCUT2D eigenvalue weighted by atomic mass is 32.2. The number of benzene rings is 1. The van der Waals surface area contributed by atoms with Gasteiger partial charge in [0.2, 0.25) is 20.0 Å². The van der Waals surface area contributed by atoms with Crippen molar-refractivity contribution in [3.63, 3.8) is 0 Å². The molecule has 6 nitrogen and oxygen atoms in total. The van der Waals surface area contributed by atoms with Gasteiger partial charge in [-0.15, -0.1) is 0 Å². The van der Waals surface area contributed by atoms with Gasteiger partial charge in [0.25, 0.3) is 0 Å². The highest BCUT2D eigenvalue weighted by Crippen LogP contribution is 2.26. The summed E-state index contributed by atoms with van der Waals surface area (Å²) in [7, 11) is -7.99. The Hall–Kier alpha value is -0.960. The molecule has 0 aliphatic heterocycles. The Morgan fingerprint density at radius 1 is 1.10 bits per heavy atom. The summed E-state index contributed by atoms with van der Waals surface area (Å²) in [5.74, 6) is 0.458. The molecule has 2 atom stereocenters. The zero-order chi connectivity index (χ0) is 15.7. The van der Waals surface area contributed by atoms with Gasteiger partial charge in [-0.1, -0.05) is 31.9 Å². The average molecular weight is 332 g/mol. The molecule has 0 heterocycles. The first-order chi connectivity index (χ1) is 9.70. The van der Waals surface area contributed by atoms with E-state index in [1.165, 1.54) is 24.3 Å². The monoisotopic (exact) mass is 332 g/mol. The second-order valence-corrected chi connectivity index (χ2v) is 8.79. The molecular weight excluding hydrogens is 312 g/mol. The quantitative estimate of drug-likeness (QED) is 0.863. The van der Waals surface area contributed by atoms with Crippen molar-refractivity contribution in [2.75, 3.05) is 0 Å². The third-order valence-electron chi connectivity index (χ3n) is 3.70. The minimum Gasteiger partial charge on any atom is -0.225 e. The van der Waals surface area contributed by atoms with E-state index in [0.717, 1.165) is 25.7 Å². The number of nitrogens with two attached hydrogens (primary N) is 1. The molecule has 2 rings (SSSR count). The fraction of sp³-hybridized carbons (Fsp3) is 0.538. The Kier molecular flexibility index (Phi) is 4.72. The molecule has 118 valence electrons. The van der Waals surface area contributed by atoms with Crippen LogP contribution in [0.15, 0.2) is 34.1 Å². The molecule has 1 aliphatic rings. The zero-order valence-electron chi connectivity index (χ0n) is 11.8. The van der Waals surface area contributed by atoms with Gasteiger partial charge in [-0.3, -0.25) is 0 Å². The molecular formula is C13H20N2O4S2. The smallest absolute Gasteiger partial charge is 0.225 e. The van der Waals surface area contributed by atoms with Gasteiger partial charge >= 0.3 is 0 Å². The number of rotatable bonds is 4. The number of hydrogen-bond donors (Lipinski definition) is 2. The Bertz CT molecular complexity index is 713. The lowest BCUT2D eigenvalue weighted by atomic mass is 9.88. The van der Waals surface area contributed by atoms with E-state index < -0.39 is 20.0 Å². The van der Waals surface area contributed by atoms with Crippen molar-refractivity contribution >= 4 is 20.0 Å². The third kappa shape index (κ3) is 4.03. The Morgan fingerprint density at radius 3 is 2.29 bits per heavy atom. The maximum absolute atomic E-state index is 12.4. The van der Waals surface area contributed by atoms with E-state index in [1.54, 1.807) is 0 Å². The van der Waals surface area contributed by atoms with E-state index in [1.807, 2.05) is 0 Å². The Balaban J connectivity index is 2.32. The predicted octanol–water partition coefficient (Wildman–Crippen LogP) is 1.19. The van der Waals surface area contributed by atoms with Crippen molar-refractivity contribution in [1.82, 2.24) is 4.72 Å².